The largest absolute Gasteiger partial charge is 0.469 e. The van der Waals surface area contributed by atoms with Crippen molar-refractivity contribution in [3.05, 3.63) is 24.2 Å². The lowest BCUT2D eigenvalue weighted by atomic mass is 10.3. The first kappa shape index (κ1) is 16.4. The molecule has 0 saturated carbocycles. The number of amides is 1. The average molecular weight is 306 g/mol. The van der Waals surface area contributed by atoms with Gasteiger partial charge in [-0.25, -0.2) is 0 Å². The summed E-state index contributed by atoms with van der Waals surface area (Å²) in [5.41, 5.74) is 0. The summed E-state index contributed by atoms with van der Waals surface area (Å²) in [6, 6.07) is 4.19. The number of nitrogens with zero attached hydrogens (tertiary/aromatic N) is 3. The van der Waals surface area contributed by atoms with Gasteiger partial charge in [-0.05, 0) is 26.0 Å². The molecule has 2 heterocycles. The van der Waals surface area contributed by atoms with Crippen LogP contribution in [-0.4, -0.2) is 60.4 Å². The van der Waals surface area contributed by atoms with Gasteiger partial charge in [0.15, 0.2) is 5.96 Å². The van der Waals surface area contributed by atoms with Crippen molar-refractivity contribution < 1.29 is 9.21 Å². The zero-order valence-corrected chi connectivity index (χ0v) is 13.7. The standard InChI is InChI=1S/C16H26N4O2/c1-13(2)18-16(17-7-6-15-5-4-12-22-15)20-10-8-19(9-11-20)14(3)21/h4-5,12-13H,6-11H2,1-3H3,(H,17,18). The number of carbonyl (C=O) groups excluding carboxylic acids is 1. The van der Waals surface area contributed by atoms with Crippen LogP contribution in [0.2, 0.25) is 0 Å². The van der Waals surface area contributed by atoms with Gasteiger partial charge < -0.3 is 19.5 Å². The van der Waals surface area contributed by atoms with Crippen molar-refractivity contribution >= 4 is 11.9 Å². The zero-order chi connectivity index (χ0) is 15.9. The van der Waals surface area contributed by atoms with Crippen LogP contribution in [0.25, 0.3) is 0 Å². The molecule has 0 bridgehead atoms. The highest BCUT2D eigenvalue weighted by Crippen LogP contribution is 2.05. The van der Waals surface area contributed by atoms with Gasteiger partial charge in [0.05, 0.1) is 6.26 Å². The second-order valence-corrected chi connectivity index (χ2v) is 5.83. The summed E-state index contributed by atoms with van der Waals surface area (Å²) in [5, 5.41) is 3.42. The molecule has 2 rings (SSSR count). The van der Waals surface area contributed by atoms with Crippen LogP contribution in [0.5, 0.6) is 0 Å². The van der Waals surface area contributed by atoms with Gasteiger partial charge in [-0.15, -0.1) is 0 Å². The lowest BCUT2D eigenvalue weighted by molar-refractivity contribution is -0.130. The number of carbonyl (C=O) groups is 1. The van der Waals surface area contributed by atoms with Crippen molar-refractivity contribution in [2.75, 3.05) is 32.7 Å². The van der Waals surface area contributed by atoms with Crippen LogP contribution in [0, 0.1) is 0 Å². The predicted molar refractivity (Wildman–Crippen MR) is 86.8 cm³/mol. The van der Waals surface area contributed by atoms with Gasteiger partial charge in [-0.2, -0.15) is 0 Å². The molecule has 0 radical (unpaired) electrons. The topological polar surface area (TPSA) is 61.1 Å². The number of furan rings is 1. The van der Waals surface area contributed by atoms with E-state index in [9.17, 15) is 4.79 Å². The van der Waals surface area contributed by atoms with E-state index >= 15 is 0 Å². The second kappa shape index (κ2) is 7.87. The number of nitrogens with one attached hydrogen (secondary N) is 1. The third kappa shape index (κ3) is 4.79. The van der Waals surface area contributed by atoms with Crippen LogP contribution in [0.1, 0.15) is 26.5 Å². The number of hydrogen-bond donors (Lipinski definition) is 1. The molecule has 1 fully saturated rings. The molecule has 0 aliphatic carbocycles. The monoisotopic (exact) mass is 306 g/mol. The summed E-state index contributed by atoms with van der Waals surface area (Å²) in [6.07, 6.45) is 2.48. The summed E-state index contributed by atoms with van der Waals surface area (Å²) >= 11 is 0. The SMILES string of the molecule is CC(=O)N1CCN(C(=NCCc2ccco2)NC(C)C)CC1. The number of rotatable bonds is 4. The number of aliphatic imine (C=N–C) groups is 1. The fourth-order valence-electron chi connectivity index (χ4n) is 2.46. The van der Waals surface area contributed by atoms with Gasteiger partial charge in [0, 0.05) is 52.1 Å². The van der Waals surface area contributed by atoms with Crippen molar-refractivity contribution in [1.29, 1.82) is 0 Å². The summed E-state index contributed by atoms with van der Waals surface area (Å²) in [6.45, 7) is 9.67. The second-order valence-electron chi connectivity index (χ2n) is 5.83. The molecular weight excluding hydrogens is 280 g/mol. The molecule has 122 valence electrons. The van der Waals surface area contributed by atoms with E-state index in [0.29, 0.717) is 12.6 Å². The van der Waals surface area contributed by atoms with Gasteiger partial charge in [-0.3, -0.25) is 9.79 Å². The smallest absolute Gasteiger partial charge is 0.219 e. The first-order valence-electron chi connectivity index (χ1n) is 7.90. The van der Waals surface area contributed by atoms with E-state index in [2.05, 4.69) is 24.1 Å². The Kier molecular flexibility index (Phi) is 5.86. The van der Waals surface area contributed by atoms with Crippen molar-refractivity contribution in [2.24, 2.45) is 4.99 Å². The molecule has 1 N–H and O–H groups in total. The highest BCUT2D eigenvalue weighted by molar-refractivity contribution is 5.81. The molecule has 6 heteroatoms. The normalized spacial score (nSPS) is 16.3. The molecule has 1 aliphatic rings. The van der Waals surface area contributed by atoms with E-state index < -0.39 is 0 Å². The minimum absolute atomic E-state index is 0.146. The fraction of sp³-hybridized carbons (Fsp3) is 0.625. The Hall–Kier alpha value is -1.98. The Morgan fingerprint density at radius 1 is 1.32 bits per heavy atom. The van der Waals surface area contributed by atoms with Crippen LogP contribution in [0.15, 0.2) is 27.8 Å². The van der Waals surface area contributed by atoms with E-state index in [1.165, 1.54) is 0 Å². The van der Waals surface area contributed by atoms with Crippen molar-refractivity contribution in [1.82, 2.24) is 15.1 Å². The van der Waals surface area contributed by atoms with Crippen molar-refractivity contribution in [2.45, 2.75) is 33.2 Å². The maximum absolute atomic E-state index is 11.4. The first-order chi connectivity index (χ1) is 10.6. The van der Waals surface area contributed by atoms with E-state index in [-0.39, 0.29) is 5.91 Å². The average Bonchev–Trinajstić information content (AvgIpc) is 2.99. The third-order valence-electron chi connectivity index (χ3n) is 3.64. The summed E-state index contributed by atoms with van der Waals surface area (Å²) < 4.78 is 5.33. The maximum Gasteiger partial charge on any atom is 0.219 e. The van der Waals surface area contributed by atoms with Crippen LogP contribution in [-0.2, 0) is 11.2 Å². The quantitative estimate of drug-likeness (QED) is 0.673. The molecule has 1 aromatic heterocycles. The van der Waals surface area contributed by atoms with E-state index in [1.807, 2.05) is 17.0 Å². The molecule has 1 aromatic rings. The van der Waals surface area contributed by atoms with Crippen molar-refractivity contribution in [3.8, 4) is 0 Å². The molecule has 1 saturated heterocycles. The lowest BCUT2D eigenvalue weighted by Gasteiger charge is -2.36. The minimum atomic E-state index is 0.146. The molecule has 22 heavy (non-hydrogen) atoms. The molecule has 0 spiro atoms. The Balaban J connectivity index is 1.92. The van der Waals surface area contributed by atoms with Gasteiger partial charge >= 0.3 is 0 Å². The van der Waals surface area contributed by atoms with Crippen LogP contribution in [0.3, 0.4) is 0 Å². The number of piperazine rings is 1. The number of guanidine groups is 1. The zero-order valence-electron chi connectivity index (χ0n) is 13.7. The molecule has 1 amide bonds. The minimum Gasteiger partial charge on any atom is -0.469 e. The summed E-state index contributed by atoms with van der Waals surface area (Å²) in [7, 11) is 0. The third-order valence-corrected chi connectivity index (χ3v) is 3.64. The van der Waals surface area contributed by atoms with Gasteiger partial charge in [0.1, 0.15) is 5.76 Å². The lowest BCUT2D eigenvalue weighted by Crippen LogP contribution is -2.54. The van der Waals surface area contributed by atoms with Gasteiger partial charge in [0.2, 0.25) is 5.91 Å². The van der Waals surface area contributed by atoms with E-state index in [0.717, 1.165) is 44.3 Å². The fourth-order valence-corrected chi connectivity index (χ4v) is 2.46. The van der Waals surface area contributed by atoms with Crippen molar-refractivity contribution in [3.63, 3.8) is 0 Å². The molecule has 6 nitrogen and oxygen atoms in total. The summed E-state index contributed by atoms with van der Waals surface area (Å²) in [4.78, 5) is 20.2. The number of hydrogen-bond acceptors (Lipinski definition) is 3. The van der Waals surface area contributed by atoms with Crippen LogP contribution >= 0.6 is 0 Å². The van der Waals surface area contributed by atoms with E-state index in [1.54, 1.807) is 13.2 Å². The highest BCUT2D eigenvalue weighted by atomic mass is 16.3. The molecular formula is C16H26N4O2. The molecule has 0 atom stereocenters. The molecule has 0 unspecified atom stereocenters. The Bertz CT molecular complexity index is 488. The molecule has 0 aromatic carbocycles. The summed E-state index contributed by atoms with van der Waals surface area (Å²) in [5.74, 6) is 2.02. The van der Waals surface area contributed by atoms with Crippen LogP contribution < -0.4 is 5.32 Å². The van der Waals surface area contributed by atoms with E-state index in [4.69, 9.17) is 9.41 Å². The molecule has 1 aliphatic heterocycles. The van der Waals surface area contributed by atoms with Gasteiger partial charge in [0.25, 0.3) is 0 Å². The highest BCUT2D eigenvalue weighted by Gasteiger charge is 2.21. The first-order valence-corrected chi connectivity index (χ1v) is 7.90. The Labute approximate surface area is 132 Å². The van der Waals surface area contributed by atoms with Gasteiger partial charge in [-0.1, -0.05) is 0 Å². The van der Waals surface area contributed by atoms with Crippen LogP contribution in [0.4, 0.5) is 0 Å². The Morgan fingerprint density at radius 2 is 2.00 bits per heavy atom. The Morgan fingerprint density at radius 3 is 2.55 bits per heavy atom. The predicted octanol–water partition coefficient (Wildman–Crippen LogP) is 1.34. The maximum atomic E-state index is 11.4.